The topological polar surface area (TPSA) is 86.5 Å². The van der Waals surface area contributed by atoms with Gasteiger partial charge < -0.3 is 20.5 Å². The summed E-state index contributed by atoms with van der Waals surface area (Å²) < 4.78 is 10.4. The number of hydrogen-bond acceptors (Lipinski definition) is 6. The van der Waals surface area contributed by atoms with Crippen molar-refractivity contribution in [1.29, 1.82) is 0 Å². The Morgan fingerprint density at radius 2 is 2.08 bits per heavy atom. The van der Waals surface area contributed by atoms with Crippen LogP contribution >= 0.6 is 11.3 Å². The normalized spacial score (nSPS) is 12.1. The number of anilines is 1. The molecule has 1 atom stereocenters. The predicted octanol–water partition coefficient (Wildman–Crippen LogP) is 3.00. The van der Waals surface area contributed by atoms with Crippen LogP contribution in [0.25, 0.3) is 0 Å². The van der Waals surface area contributed by atoms with Gasteiger partial charge in [0.25, 0.3) is 0 Å². The summed E-state index contributed by atoms with van der Waals surface area (Å²) in [6, 6.07) is 5.13. The van der Waals surface area contributed by atoms with Crippen molar-refractivity contribution in [3.05, 3.63) is 34.3 Å². The maximum absolute atomic E-state index is 12.3. The Balaban J connectivity index is 2.03. The van der Waals surface area contributed by atoms with Gasteiger partial charge in [-0.2, -0.15) is 0 Å². The number of benzene rings is 1. The van der Waals surface area contributed by atoms with Crippen LogP contribution in [0.5, 0.6) is 11.5 Å². The minimum atomic E-state index is -0.159. The van der Waals surface area contributed by atoms with Crippen LogP contribution in [0.15, 0.2) is 23.6 Å². The minimum Gasteiger partial charge on any atom is -0.497 e. The Labute approximate surface area is 146 Å². The molecule has 1 heterocycles. The van der Waals surface area contributed by atoms with E-state index in [1.54, 1.807) is 32.4 Å². The van der Waals surface area contributed by atoms with E-state index in [1.165, 1.54) is 11.3 Å². The fraction of sp³-hybridized carbons (Fsp3) is 0.412. The first-order valence-electron chi connectivity index (χ1n) is 7.66. The third kappa shape index (κ3) is 4.46. The maximum Gasteiger partial charge on any atom is 0.230 e. The molecule has 1 aromatic carbocycles. The number of amides is 1. The number of nitrogens with one attached hydrogen (secondary N) is 1. The second kappa shape index (κ2) is 8.12. The summed E-state index contributed by atoms with van der Waals surface area (Å²) in [6.45, 7) is 4.10. The number of thiazole rings is 1. The molecule has 6 nitrogen and oxygen atoms in total. The van der Waals surface area contributed by atoms with Gasteiger partial charge in [0.1, 0.15) is 16.5 Å². The molecule has 1 amide bonds. The van der Waals surface area contributed by atoms with E-state index in [4.69, 9.17) is 15.2 Å². The molecule has 1 unspecified atom stereocenters. The first kappa shape index (κ1) is 18.2. The zero-order valence-corrected chi connectivity index (χ0v) is 15.1. The molecule has 2 aromatic rings. The van der Waals surface area contributed by atoms with Crippen LogP contribution < -0.4 is 20.5 Å². The molecular formula is C17H23N3O3S. The molecular weight excluding hydrogens is 326 g/mol. The summed E-state index contributed by atoms with van der Waals surface area (Å²) in [6.07, 6.45) is 0.191. The number of methoxy groups -OCH3 is 2. The standard InChI is InChI=1S/C17H23N3O3S/c1-10(2)16(18)17-19-11(9-24-17)7-15(21)20-13-6-5-12(22-3)8-14(13)23-4/h5-6,8-10,16H,7,18H2,1-4H3,(H,20,21). The molecule has 0 fully saturated rings. The molecule has 7 heteroatoms. The van der Waals surface area contributed by atoms with Crippen LogP contribution in [0.2, 0.25) is 0 Å². The molecule has 0 aliphatic rings. The van der Waals surface area contributed by atoms with Crippen molar-refractivity contribution in [2.45, 2.75) is 26.3 Å². The average Bonchev–Trinajstić information content (AvgIpc) is 3.02. The van der Waals surface area contributed by atoms with Crippen molar-refractivity contribution < 1.29 is 14.3 Å². The number of ether oxygens (including phenoxy) is 2. The molecule has 0 spiro atoms. The molecule has 0 aliphatic heterocycles. The van der Waals surface area contributed by atoms with Gasteiger partial charge in [0, 0.05) is 11.4 Å². The SMILES string of the molecule is COc1ccc(NC(=O)Cc2csc(C(N)C(C)C)n2)c(OC)c1. The van der Waals surface area contributed by atoms with Gasteiger partial charge in [0.15, 0.2) is 0 Å². The lowest BCUT2D eigenvalue weighted by Gasteiger charge is -2.12. The van der Waals surface area contributed by atoms with E-state index < -0.39 is 0 Å². The molecule has 0 saturated heterocycles. The molecule has 24 heavy (non-hydrogen) atoms. The zero-order chi connectivity index (χ0) is 17.7. The summed E-state index contributed by atoms with van der Waals surface area (Å²) in [5.41, 5.74) is 7.40. The fourth-order valence-corrected chi connectivity index (χ4v) is 3.09. The molecule has 130 valence electrons. The van der Waals surface area contributed by atoms with Crippen molar-refractivity contribution in [3.8, 4) is 11.5 Å². The first-order chi connectivity index (χ1) is 11.4. The maximum atomic E-state index is 12.3. The highest BCUT2D eigenvalue weighted by Gasteiger charge is 2.16. The Morgan fingerprint density at radius 1 is 1.33 bits per heavy atom. The summed E-state index contributed by atoms with van der Waals surface area (Å²) >= 11 is 1.49. The Bertz CT molecular complexity index is 700. The van der Waals surface area contributed by atoms with Crippen molar-refractivity contribution in [2.24, 2.45) is 11.7 Å². The van der Waals surface area contributed by atoms with Crippen LogP contribution in [-0.4, -0.2) is 25.1 Å². The van der Waals surface area contributed by atoms with E-state index in [9.17, 15) is 4.79 Å². The second-order valence-corrected chi connectivity index (χ2v) is 6.63. The van der Waals surface area contributed by atoms with E-state index in [2.05, 4.69) is 24.1 Å². The van der Waals surface area contributed by atoms with Gasteiger partial charge in [-0.3, -0.25) is 4.79 Å². The van der Waals surface area contributed by atoms with Gasteiger partial charge in [0.05, 0.1) is 38.1 Å². The number of aromatic nitrogens is 1. The van der Waals surface area contributed by atoms with Crippen LogP contribution in [-0.2, 0) is 11.2 Å². The second-order valence-electron chi connectivity index (χ2n) is 5.74. The molecule has 0 saturated carbocycles. The Morgan fingerprint density at radius 3 is 2.71 bits per heavy atom. The molecule has 1 aromatic heterocycles. The smallest absolute Gasteiger partial charge is 0.230 e. The van der Waals surface area contributed by atoms with E-state index in [0.717, 1.165) is 10.7 Å². The highest BCUT2D eigenvalue weighted by molar-refractivity contribution is 7.09. The van der Waals surface area contributed by atoms with Crippen molar-refractivity contribution in [3.63, 3.8) is 0 Å². The quantitative estimate of drug-likeness (QED) is 0.802. The summed E-state index contributed by atoms with van der Waals surface area (Å²) in [4.78, 5) is 16.7. The molecule has 0 bridgehead atoms. The number of carbonyl (C=O) groups excluding carboxylic acids is 1. The number of carbonyl (C=O) groups is 1. The van der Waals surface area contributed by atoms with Gasteiger partial charge in [-0.05, 0) is 18.1 Å². The lowest BCUT2D eigenvalue weighted by molar-refractivity contribution is -0.115. The zero-order valence-electron chi connectivity index (χ0n) is 14.3. The predicted molar refractivity (Wildman–Crippen MR) is 95.8 cm³/mol. The summed E-state index contributed by atoms with van der Waals surface area (Å²) in [5, 5.41) is 5.57. The lowest BCUT2D eigenvalue weighted by atomic mass is 10.1. The van der Waals surface area contributed by atoms with Gasteiger partial charge in [-0.15, -0.1) is 11.3 Å². The number of hydrogen-bond donors (Lipinski definition) is 2. The summed E-state index contributed by atoms with van der Waals surface area (Å²) in [7, 11) is 3.12. The number of rotatable bonds is 7. The van der Waals surface area contributed by atoms with E-state index in [0.29, 0.717) is 23.1 Å². The fourth-order valence-electron chi connectivity index (χ4n) is 2.10. The van der Waals surface area contributed by atoms with Crippen LogP contribution in [0.4, 0.5) is 5.69 Å². The number of nitrogens with two attached hydrogens (primary N) is 1. The lowest BCUT2D eigenvalue weighted by Crippen LogP contribution is -2.17. The minimum absolute atomic E-state index is 0.103. The van der Waals surface area contributed by atoms with Crippen LogP contribution in [0.1, 0.15) is 30.6 Å². The van der Waals surface area contributed by atoms with E-state index >= 15 is 0 Å². The van der Waals surface area contributed by atoms with Crippen molar-refractivity contribution >= 4 is 22.9 Å². The van der Waals surface area contributed by atoms with Gasteiger partial charge in [-0.25, -0.2) is 4.98 Å². The van der Waals surface area contributed by atoms with Crippen molar-refractivity contribution in [2.75, 3.05) is 19.5 Å². The molecule has 0 aliphatic carbocycles. The van der Waals surface area contributed by atoms with Crippen LogP contribution in [0.3, 0.4) is 0 Å². The monoisotopic (exact) mass is 349 g/mol. The molecule has 2 rings (SSSR count). The van der Waals surface area contributed by atoms with Crippen molar-refractivity contribution in [1.82, 2.24) is 4.98 Å². The molecule has 3 N–H and O–H groups in total. The Kier molecular flexibility index (Phi) is 6.16. The average molecular weight is 349 g/mol. The summed E-state index contributed by atoms with van der Waals surface area (Å²) in [5.74, 6) is 1.36. The van der Waals surface area contributed by atoms with E-state index in [1.807, 2.05) is 5.38 Å². The third-order valence-corrected chi connectivity index (χ3v) is 4.59. The highest BCUT2D eigenvalue weighted by Crippen LogP contribution is 2.29. The van der Waals surface area contributed by atoms with Crippen LogP contribution in [0, 0.1) is 5.92 Å². The first-order valence-corrected chi connectivity index (χ1v) is 8.54. The Hall–Kier alpha value is -2.12. The van der Waals surface area contributed by atoms with E-state index in [-0.39, 0.29) is 18.4 Å². The number of nitrogens with zero attached hydrogens (tertiary/aromatic N) is 1. The molecule has 0 radical (unpaired) electrons. The largest absolute Gasteiger partial charge is 0.497 e. The third-order valence-electron chi connectivity index (χ3n) is 3.60. The highest BCUT2D eigenvalue weighted by atomic mass is 32.1. The van der Waals surface area contributed by atoms with Gasteiger partial charge in [0.2, 0.25) is 5.91 Å². The van der Waals surface area contributed by atoms with Gasteiger partial charge in [-0.1, -0.05) is 13.8 Å². The van der Waals surface area contributed by atoms with Gasteiger partial charge >= 0.3 is 0 Å².